The highest BCUT2D eigenvalue weighted by Gasteiger charge is 2.04. The van der Waals surface area contributed by atoms with Crippen LogP contribution in [0, 0.1) is 0 Å². The lowest BCUT2D eigenvalue weighted by Crippen LogP contribution is -2.21. The Morgan fingerprint density at radius 3 is 2.06 bits per heavy atom. The van der Waals surface area contributed by atoms with Gasteiger partial charge in [-0.1, -0.05) is 5.57 Å². The molecule has 1 aromatic rings. The van der Waals surface area contributed by atoms with Gasteiger partial charge in [0.05, 0.1) is 0 Å². The van der Waals surface area contributed by atoms with E-state index in [1.807, 2.05) is 38.1 Å². The Kier molecular flexibility index (Phi) is 4.95. The largest absolute Gasteiger partial charge is 0.372 e. The number of carbonyl (C=O) groups excluding carboxylic acids is 1. The monoisotopic (exact) mass is 231 g/mol. The summed E-state index contributed by atoms with van der Waals surface area (Å²) in [7, 11) is 0. The number of anilines is 1. The molecule has 0 saturated heterocycles. The van der Waals surface area contributed by atoms with Crippen molar-refractivity contribution >= 4 is 11.5 Å². The SMILES string of the molecule is CCN(CC)c1ccc(C(=O)C=C(C)C)cc1. The number of hydrogen-bond acceptors (Lipinski definition) is 2. The topological polar surface area (TPSA) is 20.3 Å². The Morgan fingerprint density at radius 1 is 1.12 bits per heavy atom. The van der Waals surface area contributed by atoms with Gasteiger partial charge in [-0.3, -0.25) is 4.79 Å². The van der Waals surface area contributed by atoms with E-state index in [1.165, 1.54) is 5.69 Å². The first kappa shape index (κ1) is 13.5. The van der Waals surface area contributed by atoms with Crippen LogP contribution in [0.25, 0.3) is 0 Å². The number of ketones is 1. The lowest BCUT2D eigenvalue weighted by molar-refractivity contribution is 0.104. The van der Waals surface area contributed by atoms with Crippen LogP contribution in [0.3, 0.4) is 0 Å². The molecule has 0 spiro atoms. The van der Waals surface area contributed by atoms with E-state index in [0.29, 0.717) is 0 Å². The molecule has 1 rings (SSSR count). The molecule has 0 aromatic heterocycles. The fourth-order valence-electron chi connectivity index (χ4n) is 1.77. The van der Waals surface area contributed by atoms with Crippen molar-refractivity contribution < 1.29 is 4.79 Å². The zero-order valence-corrected chi connectivity index (χ0v) is 11.2. The highest BCUT2D eigenvalue weighted by molar-refractivity contribution is 6.05. The molecule has 0 fully saturated rings. The van der Waals surface area contributed by atoms with Crippen LogP contribution < -0.4 is 4.90 Å². The lowest BCUT2D eigenvalue weighted by Gasteiger charge is -2.20. The first-order valence-electron chi connectivity index (χ1n) is 6.12. The molecule has 0 N–H and O–H groups in total. The maximum atomic E-state index is 11.8. The van der Waals surface area contributed by atoms with E-state index in [9.17, 15) is 4.79 Å². The van der Waals surface area contributed by atoms with Gasteiger partial charge in [-0.25, -0.2) is 0 Å². The van der Waals surface area contributed by atoms with Gasteiger partial charge in [-0.05, 0) is 58.0 Å². The van der Waals surface area contributed by atoms with Crippen LogP contribution in [-0.2, 0) is 0 Å². The van der Waals surface area contributed by atoms with Gasteiger partial charge in [0.15, 0.2) is 5.78 Å². The standard InChI is InChI=1S/C15H21NO/c1-5-16(6-2)14-9-7-13(8-10-14)15(17)11-12(3)4/h7-11H,5-6H2,1-4H3. The van der Waals surface area contributed by atoms with Crippen LogP contribution in [0.2, 0.25) is 0 Å². The molecule has 1 aromatic carbocycles. The summed E-state index contributed by atoms with van der Waals surface area (Å²) in [5, 5.41) is 0. The number of benzene rings is 1. The summed E-state index contributed by atoms with van der Waals surface area (Å²) < 4.78 is 0. The van der Waals surface area contributed by atoms with Crippen molar-refractivity contribution in [2.45, 2.75) is 27.7 Å². The number of allylic oxidation sites excluding steroid dienone is 2. The van der Waals surface area contributed by atoms with Crippen molar-refractivity contribution in [1.29, 1.82) is 0 Å². The van der Waals surface area contributed by atoms with Crippen molar-refractivity contribution in [1.82, 2.24) is 0 Å². The average Bonchev–Trinajstić information content (AvgIpc) is 2.30. The quantitative estimate of drug-likeness (QED) is 0.569. The predicted octanol–water partition coefficient (Wildman–Crippen LogP) is 3.68. The summed E-state index contributed by atoms with van der Waals surface area (Å²) in [5.41, 5.74) is 2.95. The molecular weight excluding hydrogens is 210 g/mol. The molecule has 17 heavy (non-hydrogen) atoms. The first-order valence-corrected chi connectivity index (χ1v) is 6.12. The van der Waals surface area contributed by atoms with E-state index in [0.717, 1.165) is 24.2 Å². The van der Waals surface area contributed by atoms with Crippen molar-refractivity contribution in [3.05, 3.63) is 41.5 Å². The summed E-state index contributed by atoms with van der Waals surface area (Å²) in [4.78, 5) is 14.0. The summed E-state index contributed by atoms with van der Waals surface area (Å²) in [6.45, 7) is 10.1. The summed E-state index contributed by atoms with van der Waals surface area (Å²) in [5.74, 6) is 0.0797. The minimum Gasteiger partial charge on any atom is -0.372 e. The normalized spacial score (nSPS) is 9.88. The molecule has 0 unspecified atom stereocenters. The van der Waals surface area contributed by atoms with Gasteiger partial charge < -0.3 is 4.90 Å². The molecule has 0 bridgehead atoms. The molecular formula is C15H21NO. The molecule has 0 heterocycles. The average molecular weight is 231 g/mol. The Labute approximate surface area is 104 Å². The molecule has 0 radical (unpaired) electrons. The molecule has 0 atom stereocenters. The van der Waals surface area contributed by atoms with E-state index in [4.69, 9.17) is 0 Å². The van der Waals surface area contributed by atoms with E-state index < -0.39 is 0 Å². The fraction of sp³-hybridized carbons (Fsp3) is 0.400. The van der Waals surface area contributed by atoms with Crippen LogP contribution in [0.1, 0.15) is 38.1 Å². The summed E-state index contributed by atoms with van der Waals surface area (Å²) in [6.07, 6.45) is 1.67. The van der Waals surface area contributed by atoms with Crippen LogP contribution in [-0.4, -0.2) is 18.9 Å². The summed E-state index contributed by atoms with van der Waals surface area (Å²) in [6, 6.07) is 7.82. The van der Waals surface area contributed by atoms with Crippen LogP contribution in [0.15, 0.2) is 35.9 Å². The molecule has 2 heteroatoms. The molecule has 0 aliphatic rings. The molecule has 0 aliphatic carbocycles. The maximum Gasteiger partial charge on any atom is 0.185 e. The lowest BCUT2D eigenvalue weighted by atomic mass is 10.1. The zero-order chi connectivity index (χ0) is 12.8. The van der Waals surface area contributed by atoms with Crippen LogP contribution in [0.4, 0.5) is 5.69 Å². The van der Waals surface area contributed by atoms with Gasteiger partial charge in [0, 0.05) is 24.3 Å². The third kappa shape index (κ3) is 3.74. The van der Waals surface area contributed by atoms with Gasteiger partial charge in [0.2, 0.25) is 0 Å². The highest BCUT2D eigenvalue weighted by Crippen LogP contribution is 2.15. The highest BCUT2D eigenvalue weighted by atomic mass is 16.1. The third-order valence-electron chi connectivity index (χ3n) is 2.70. The second-order valence-corrected chi connectivity index (χ2v) is 4.31. The van der Waals surface area contributed by atoms with Crippen molar-refractivity contribution in [3.8, 4) is 0 Å². The smallest absolute Gasteiger partial charge is 0.185 e. The molecule has 0 saturated carbocycles. The van der Waals surface area contributed by atoms with E-state index >= 15 is 0 Å². The minimum absolute atomic E-state index is 0.0797. The summed E-state index contributed by atoms with van der Waals surface area (Å²) >= 11 is 0. The number of rotatable bonds is 5. The van der Waals surface area contributed by atoms with Crippen LogP contribution >= 0.6 is 0 Å². The Bertz CT molecular complexity index is 395. The van der Waals surface area contributed by atoms with Gasteiger partial charge in [0.25, 0.3) is 0 Å². The molecule has 0 amide bonds. The third-order valence-corrected chi connectivity index (χ3v) is 2.70. The maximum absolute atomic E-state index is 11.8. The Balaban J connectivity index is 2.88. The van der Waals surface area contributed by atoms with Crippen molar-refractivity contribution in [2.24, 2.45) is 0 Å². The van der Waals surface area contributed by atoms with Gasteiger partial charge in [-0.2, -0.15) is 0 Å². The van der Waals surface area contributed by atoms with E-state index in [1.54, 1.807) is 6.08 Å². The Morgan fingerprint density at radius 2 is 1.65 bits per heavy atom. The zero-order valence-electron chi connectivity index (χ0n) is 11.2. The molecule has 2 nitrogen and oxygen atoms in total. The number of nitrogens with zero attached hydrogens (tertiary/aromatic N) is 1. The van der Waals surface area contributed by atoms with E-state index in [-0.39, 0.29) is 5.78 Å². The predicted molar refractivity (Wildman–Crippen MR) is 73.8 cm³/mol. The Hall–Kier alpha value is -1.57. The van der Waals surface area contributed by atoms with Crippen LogP contribution in [0.5, 0.6) is 0 Å². The number of carbonyl (C=O) groups is 1. The van der Waals surface area contributed by atoms with Gasteiger partial charge in [-0.15, -0.1) is 0 Å². The van der Waals surface area contributed by atoms with Gasteiger partial charge >= 0.3 is 0 Å². The van der Waals surface area contributed by atoms with E-state index in [2.05, 4.69) is 18.7 Å². The van der Waals surface area contributed by atoms with Crippen molar-refractivity contribution in [3.63, 3.8) is 0 Å². The number of hydrogen-bond donors (Lipinski definition) is 0. The van der Waals surface area contributed by atoms with Crippen molar-refractivity contribution in [2.75, 3.05) is 18.0 Å². The van der Waals surface area contributed by atoms with Gasteiger partial charge in [0.1, 0.15) is 0 Å². The minimum atomic E-state index is 0.0797. The fourth-order valence-corrected chi connectivity index (χ4v) is 1.77. The second kappa shape index (κ2) is 6.24. The molecule has 92 valence electrons. The molecule has 0 aliphatic heterocycles. The first-order chi connectivity index (χ1) is 8.08. The second-order valence-electron chi connectivity index (χ2n) is 4.31.